The quantitative estimate of drug-likeness (QED) is 0.433. The third-order valence-electron chi connectivity index (χ3n) is 5.92. The van der Waals surface area contributed by atoms with Crippen molar-refractivity contribution in [3.05, 3.63) is 87.2 Å². The number of aromatic nitrogens is 5. The van der Waals surface area contributed by atoms with Gasteiger partial charge in [0.05, 0.1) is 23.5 Å². The van der Waals surface area contributed by atoms with Gasteiger partial charge in [-0.15, -0.1) is 0 Å². The van der Waals surface area contributed by atoms with E-state index in [-0.39, 0.29) is 11.5 Å². The molecular weight excluding hydrogens is 450 g/mol. The molecule has 2 N–H and O–H groups in total. The predicted molar refractivity (Wildman–Crippen MR) is 125 cm³/mol. The highest BCUT2D eigenvalue weighted by Gasteiger charge is 2.32. The van der Waals surface area contributed by atoms with Crippen LogP contribution >= 0.6 is 0 Å². The van der Waals surface area contributed by atoms with Crippen molar-refractivity contribution in [2.24, 2.45) is 14.1 Å². The maximum atomic E-state index is 12.9. The first kappa shape index (κ1) is 23.4. The van der Waals surface area contributed by atoms with E-state index in [0.29, 0.717) is 5.56 Å². The van der Waals surface area contributed by atoms with Crippen LogP contribution in [-0.4, -0.2) is 35.5 Å². The second-order valence-corrected chi connectivity index (χ2v) is 8.21. The average molecular weight is 473 g/mol. The monoisotopic (exact) mass is 473 g/mol. The maximum Gasteiger partial charge on any atom is 0.296 e. The molecule has 11 nitrogen and oxygen atoms in total. The van der Waals surface area contributed by atoms with Gasteiger partial charge in [0.2, 0.25) is 5.75 Å². The van der Waals surface area contributed by atoms with Crippen molar-refractivity contribution in [2.75, 3.05) is 5.32 Å². The summed E-state index contributed by atoms with van der Waals surface area (Å²) in [6.45, 7) is 3.72. The topological polar surface area (TPSA) is 152 Å². The van der Waals surface area contributed by atoms with Crippen LogP contribution in [0.25, 0.3) is 0 Å². The minimum Gasteiger partial charge on any atom is -0.501 e. The van der Waals surface area contributed by atoms with E-state index in [0.717, 1.165) is 16.8 Å². The molecule has 0 saturated carbocycles. The summed E-state index contributed by atoms with van der Waals surface area (Å²) < 4.78 is 7.60. The van der Waals surface area contributed by atoms with E-state index in [4.69, 9.17) is 4.52 Å². The van der Waals surface area contributed by atoms with Gasteiger partial charge < -0.3 is 14.9 Å². The van der Waals surface area contributed by atoms with Gasteiger partial charge >= 0.3 is 0 Å². The van der Waals surface area contributed by atoms with Crippen LogP contribution in [0.3, 0.4) is 0 Å². The molecule has 1 amide bonds. The molecule has 178 valence electrons. The van der Waals surface area contributed by atoms with Crippen molar-refractivity contribution in [1.29, 1.82) is 5.26 Å². The fourth-order valence-electron chi connectivity index (χ4n) is 4.28. The number of benzene rings is 1. The number of nitriles is 1. The number of anilines is 1. The van der Waals surface area contributed by atoms with Crippen molar-refractivity contribution in [2.45, 2.75) is 25.7 Å². The summed E-state index contributed by atoms with van der Waals surface area (Å²) in [7, 11) is 3.28. The molecule has 0 spiro atoms. The zero-order valence-electron chi connectivity index (χ0n) is 19.6. The number of carbonyl (C=O) groups excluding carboxylic acids is 1. The molecule has 0 aliphatic carbocycles. The van der Waals surface area contributed by atoms with Crippen LogP contribution in [0.1, 0.15) is 57.5 Å². The SMILES string of the molecule is Cc1nn(C)cc1C(c1ccccc1C#N)C(C)c1nc(C(=O)Nc2cnoc2)c(O)c(=O)n1C. The zero-order chi connectivity index (χ0) is 25.3. The predicted octanol–water partition coefficient (Wildman–Crippen LogP) is 2.58. The lowest BCUT2D eigenvalue weighted by Gasteiger charge is -2.26. The third kappa shape index (κ3) is 4.29. The minimum absolute atomic E-state index is 0.248. The van der Waals surface area contributed by atoms with E-state index >= 15 is 0 Å². The Morgan fingerprint density at radius 1 is 1.26 bits per heavy atom. The van der Waals surface area contributed by atoms with Gasteiger partial charge in [-0.05, 0) is 18.6 Å². The van der Waals surface area contributed by atoms with Crippen LogP contribution in [0.4, 0.5) is 5.69 Å². The Kier molecular flexibility index (Phi) is 6.20. The molecule has 0 fully saturated rings. The van der Waals surface area contributed by atoms with Gasteiger partial charge in [0.25, 0.3) is 11.5 Å². The largest absolute Gasteiger partial charge is 0.501 e. The number of carbonyl (C=O) groups is 1. The smallest absolute Gasteiger partial charge is 0.296 e. The molecule has 0 aliphatic heterocycles. The molecule has 2 atom stereocenters. The molecule has 1 aromatic carbocycles. The summed E-state index contributed by atoms with van der Waals surface area (Å²) >= 11 is 0. The van der Waals surface area contributed by atoms with Gasteiger partial charge in [-0.3, -0.25) is 18.8 Å². The number of aromatic hydroxyl groups is 1. The van der Waals surface area contributed by atoms with Crippen LogP contribution in [-0.2, 0) is 14.1 Å². The number of aryl methyl sites for hydroxylation is 2. The molecule has 35 heavy (non-hydrogen) atoms. The van der Waals surface area contributed by atoms with E-state index in [1.165, 1.54) is 24.1 Å². The normalized spacial score (nSPS) is 12.7. The summed E-state index contributed by atoms with van der Waals surface area (Å²) in [5.41, 5.74) is 1.86. The molecule has 4 rings (SSSR count). The van der Waals surface area contributed by atoms with E-state index in [1.54, 1.807) is 23.9 Å². The average Bonchev–Trinajstić information content (AvgIpc) is 3.47. The molecule has 3 heterocycles. The fraction of sp³-hybridized carbons (Fsp3) is 0.250. The van der Waals surface area contributed by atoms with Gasteiger partial charge in [0.1, 0.15) is 17.8 Å². The Hall–Kier alpha value is -4.72. The Labute approximate surface area is 200 Å². The summed E-state index contributed by atoms with van der Waals surface area (Å²) in [4.78, 5) is 30.2. The van der Waals surface area contributed by atoms with E-state index in [2.05, 4.69) is 26.6 Å². The van der Waals surface area contributed by atoms with Crippen LogP contribution in [0.5, 0.6) is 5.75 Å². The summed E-state index contributed by atoms with van der Waals surface area (Å²) in [6, 6.07) is 9.42. The summed E-state index contributed by atoms with van der Waals surface area (Å²) in [5, 5.41) is 30.7. The highest BCUT2D eigenvalue weighted by atomic mass is 16.5. The fourth-order valence-corrected chi connectivity index (χ4v) is 4.28. The summed E-state index contributed by atoms with van der Waals surface area (Å²) in [6.07, 6.45) is 4.35. The molecule has 0 radical (unpaired) electrons. The molecule has 3 aromatic heterocycles. The standard InChI is InChI=1S/C24H23N7O4/c1-13(19(18-11-30(3)29-14(18)2)17-8-6-5-7-15(17)9-25)22-28-20(21(32)24(34)31(22)4)23(33)27-16-10-26-35-12-16/h5-8,10-13,19,32H,1-4H3,(H,27,33). The van der Waals surface area contributed by atoms with Crippen molar-refractivity contribution in [3.63, 3.8) is 0 Å². The molecule has 0 bridgehead atoms. The number of hydrogen-bond acceptors (Lipinski definition) is 8. The number of nitrogens with zero attached hydrogens (tertiary/aromatic N) is 6. The molecule has 0 saturated heterocycles. The first-order valence-corrected chi connectivity index (χ1v) is 10.7. The van der Waals surface area contributed by atoms with Gasteiger partial charge in [0, 0.05) is 37.7 Å². The van der Waals surface area contributed by atoms with E-state index in [9.17, 15) is 20.0 Å². The Balaban J connectivity index is 1.88. The van der Waals surface area contributed by atoms with Crippen LogP contribution in [0.2, 0.25) is 0 Å². The number of hydrogen-bond donors (Lipinski definition) is 2. The van der Waals surface area contributed by atoms with Gasteiger partial charge in [-0.2, -0.15) is 10.4 Å². The lowest BCUT2D eigenvalue weighted by molar-refractivity contribution is 0.101. The van der Waals surface area contributed by atoms with Crippen molar-refractivity contribution in [1.82, 2.24) is 24.5 Å². The molecule has 0 aliphatic rings. The lowest BCUT2D eigenvalue weighted by Crippen LogP contribution is -2.29. The highest BCUT2D eigenvalue weighted by molar-refractivity contribution is 6.04. The molecule has 2 unspecified atom stereocenters. The molecular formula is C24H23N7O4. The van der Waals surface area contributed by atoms with Crippen LogP contribution in [0.15, 0.2) is 52.2 Å². The van der Waals surface area contributed by atoms with Gasteiger partial charge in [-0.1, -0.05) is 30.3 Å². The van der Waals surface area contributed by atoms with Crippen molar-refractivity contribution >= 4 is 11.6 Å². The van der Waals surface area contributed by atoms with Gasteiger partial charge in [0.15, 0.2) is 5.69 Å². The third-order valence-corrected chi connectivity index (χ3v) is 5.92. The number of nitrogens with one attached hydrogen (secondary N) is 1. The Morgan fingerprint density at radius 3 is 2.63 bits per heavy atom. The second-order valence-electron chi connectivity index (χ2n) is 8.21. The molecule has 4 aromatic rings. The van der Waals surface area contributed by atoms with Crippen molar-refractivity contribution < 1.29 is 14.4 Å². The van der Waals surface area contributed by atoms with Gasteiger partial charge in [-0.25, -0.2) is 4.98 Å². The second kappa shape index (κ2) is 9.26. The Bertz CT molecular complexity index is 1500. The van der Waals surface area contributed by atoms with Crippen molar-refractivity contribution in [3.8, 4) is 11.8 Å². The minimum atomic E-state index is -0.789. The number of rotatable bonds is 6. The van der Waals surface area contributed by atoms with E-state index < -0.39 is 34.7 Å². The lowest BCUT2D eigenvalue weighted by atomic mass is 9.79. The zero-order valence-corrected chi connectivity index (χ0v) is 19.6. The Morgan fingerprint density at radius 2 is 2.00 bits per heavy atom. The number of amides is 1. The van der Waals surface area contributed by atoms with E-state index in [1.807, 2.05) is 32.2 Å². The highest BCUT2D eigenvalue weighted by Crippen LogP contribution is 2.40. The first-order valence-electron chi connectivity index (χ1n) is 10.7. The summed E-state index contributed by atoms with van der Waals surface area (Å²) in [5.74, 6) is -2.22. The maximum absolute atomic E-state index is 12.9. The molecule has 11 heteroatoms. The van der Waals surface area contributed by atoms with Crippen LogP contribution < -0.4 is 10.9 Å². The first-order chi connectivity index (χ1) is 16.7. The van der Waals surface area contributed by atoms with Crippen LogP contribution in [0, 0.1) is 18.3 Å².